The first-order valence-corrected chi connectivity index (χ1v) is 15.5. The van der Waals surface area contributed by atoms with Crippen molar-refractivity contribution >= 4 is 10.8 Å². The zero-order chi connectivity index (χ0) is 33.8. The molecule has 0 aliphatic carbocycles. The predicted octanol–water partition coefficient (Wildman–Crippen LogP) is 8.88. The Morgan fingerprint density at radius 1 is 0.660 bits per heavy atom. The number of ether oxygens (including phenoxy) is 4. The molecule has 1 aromatic heterocycles. The van der Waals surface area contributed by atoms with Crippen LogP contribution in [0, 0.1) is 0 Å². The van der Waals surface area contributed by atoms with E-state index in [1.165, 1.54) is 23.3 Å². The summed E-state index contributed by atoms with van der Waals surface area (Å²) in [6.07, 6.45) is -0.749. The number of para-hydroxylation sites is 1. The summed E-state index contributed by atoms with van der Waals surface area (Å²) in [4.78, 5) is 0. The number of nitrogens with zero attached hydrogens (tertiary/aromatic N) is 1. The van der Waals surface area contributed by atoms with Crippen molar-refractivity contribution in [1.29, 1.82) is 0 Å². The largest absolute Gasteiger partial charge is 0.493 e. The van der Waals surface area contributed by atoms with Gasteiger partial charge in [-0.3, -0.25) is 0 Å². The van der Waals surface area contributed by atoms with E-state index < -0.39 is 11.7 Å². The van der Waals surface area contributed by atoms with Gasteiger partial charge in [0.15, 0.2) is 41.4 Å². The van der Waals surface area contributed by atoms with Gasteiger partial charge in [0.25, 0.3) is 0 Å². The van der Waals surface area contributed by atoms with E-state index >= 15 is 0 Å². The van der Waals surface area contributed by atoms with Crippen LogP contribution in [0.3, 0.4) is 0 Å². The van der Waals surface area contributed by atoms with E-state index in [-0.39, 0.29) is 12.0 Å². The van der Waals surface area contributed by atoms with Crippen LogP contribution in [0.4, 0.5) is 13.2 Å². The van der Waals surface area contributed by atoms with Crippen molar-refractivity contribution in [3.05, 3.63) is 125 Å². The summed E-state index contributed by atoms with van der Waals surface area (Å²) in [5.41, 5.74) is 4.52. The molecule has 0 saturated carbocycles. The van der Waals surface area contributed by atoms with Gasteiger partial charge >= 0.3 is 6.18 Å². The highest BCUT2D eigenvalue weighted by molar-refractivity contribution is 5.87. The number of benzene rings is 4. The number of pyridine rings is 1. The number of methoxy groups -OCH3 is 3. The highest BCUT2D eigenvalue weighted by Gasteiger charge is 2.30. The van der Waals surface area contributed by atoms with Gasteiger partial charge in [-0.05, 0) is 70.3 Å². The molecule has 0 atom stereocenters. The molecule has 0 spiro atoms. The average molecular weight is 645 g/mol. The van der Waals surface area contributed by atoms with Crippen molar-refractivity contribution in [1.82, 2.24) is 0 Å². The first-order chi connectivity index (χ1) is 22.4. The molecule has 0 amide bonds. The Hall–Kier alpha value is -4.72. The van der Waals surface area contributed by atoms with Crippen molar-refractivity contribution in [2.45, 2.75) is 58.4 Å². The summed E-state index contributed by atoms with van der Waals surface area (Å²) in [5.74, 6) is 2.39. The first kappa shape index (κ1) is 33.6. The minimum atomic E-state index is -4.39. The van der Waals surface area contributed by atoms with E-state index in [0.29, 0.717) is 35.1 Å². The molecule has 8 heteroatoms. The smallest absolute Gasteiger partial charge is 0.416 e. The van der Waals surface area contributed by atoms with Gasteiger partial charge in [-0.25, -0.2) is 0 Å². The molecule has 5 aromatic rings. The number of aromatic nitrogens is 1. The van der Waals surface area contributed by atoms with E-state index in [9.17, 15) is 13.2 Å². The number of alkyl halides is 3. The topological polar surface area (TPSA) is 40.8 Å². The molecule has 0 bridgehead atoms. The molecular weight excluding hydrogens is 603 g/mol. The number of aryl methyl sites for hydroxylation is 2. The monoisotopic (exact) mass is 644 g/mol. The van der Waals surface area contributed by atoms with Gasteiger partial charge in [-0.2, -0.15) is 17.7 Å². The lowest BCUT2D eigenvalue weighted by atomic mass is 9.86. The maximum Gasteiger partial charge on any atom is 0.416 e. The van der Waals surface area contributed by atoms with Crippen LogP contribution in [0.15, 0.2) is 91.1 Å². The third-order valence-corrected chi connectivity index (χ3v) is 8.40. The van der Waals surface area contributed by atoms with Gasteiger partial charge in [-0.1, -0.05) is 63.2 Å². The summed E-state index contributed by atoms with van der Waals surface area (Å²) >= 11 is 0. The predicted molar refractivity (Wildman–Crippen MR) is 178 cm³/mol. The summed E-state index contributed by atoms with van der Waals surface area (Å²) < 4.78 is 64.6. The van der Waals surface area contributed by atoms with Gasteiger partial charge in [0.1, 0.15) is 6.61 Å². The fraction of sp³-hybridized carbons (Fsp3) is 0.308. The molecule has 5 nitrogen and oxygen atoms in total. The van der Waals surface area contributed by atoms with E-state index in [0.717, 1.165) is 47.0 Å². The van der Waals surface area contributed by atoms with Gasteiger partial charge in [0.2, 0.25) is 0 Å². The lowest BCUT2D eigenvalue weighted by Crippen LogP contribution is -2.39. The fourth-order valence-corrected chi connectivity index (χ4v) is 5.70. The number of hydrogen-bond donors (Lipinski definition) is 0. The lowest BCUT2D eigenvalue weighted by molar-refractivity contribution is -0.694. The lowest BCUT2D eigenvalue weighted by Gasteiger charge is -2.19. The van der Waals surface area contributed by atoms with E-state index in [2.05, 4.69) is 61.9 Å². The van der Waals surface area contributed by atoms with Crippen LogP contribution in [0.5, 0.6) is 23.0 Å². The Morgan fingerprint density at radius 2 is 1.28 bits per heavy atom. The van der Waals surface area contributed by atoms with Crippen LogP contribution in [0.25, 0.3) is 10.8 Å². The molecule has 4 aromatic carbocycles. The molecule has 47 heavy (non-hydrogen) atoms. The molecule has 0 aliphatic heterocycles. The molecule has 5 rings (SSSR count). The molecule has 0 saturated heterocycles. The van der Waals surface area contributed by atoms with Crippen LogP contribution in [0.1, 0.15) is 54.3 Å². The minimum Gasteiger partial charge on any atom is -0.493 e. The third-order valence-electron chi connectivity index (χ3n) is 8.40. The number of rotatable bonds is 11. The second-order valence-electron chi connectivity index (χ2n) is 12.6. The molecule has 0 fully saturated rings. The quantitative estimate of drug-likeness (QED) is 0.135. The van der Waals surface area contributed by atoms with Crippen molar-refractivity contribution in [2.75, 3.05) is 21.3 Å². The first-order valence-electron chi connectivity index (χ1n) is 15.5. The molecule has 1 heterocycles. The highest BCUT2D eigenvalue weighted by atomic mass is 19.4. The van der Waals surface area contributed by atoms with Crippen molar-refractivity contribution in [3.8, 4) is 23.0 Å². The number of fused-ring (bicyclic) bond motifs is 1. The third kappa shape index (κ3) is 7.81. The Balaban J connectivity index is 1.50. The maximum absolute atomic E-state index is 13.1. The van der Waals surface area contributed by atoms with E-state index in [4.69, 9.17) is 18.9 Å². The van der Waals surface area contributed by atoms with Crippen LogP contribution >= 0.6 is 0 Å². The number of halogens is 3. The van der Waals surface area contributed by atoms with E-state index in [1.54, 1.807) is 21.3 Å². The summed E-state index contributed by atoms with van der Waals surface area (Å²) in [7, 11) is 4.83. The van der Waals surface area contributed by atoms with Crippen LogP contribution in [0.2, 0.25) is 0 Å². The normalized spacial score (nSPS) is 11.9. The van der Waals surface area contributed by atoms with Crippen molar-refractivity contribution < 1.29 is 36.7 Å². The highest BCUT2D eigenvalue weighted by Crippen LogP contribution is 2.35. The Labute approximate surface area is 274 Å². The van der Waals surface area contributed by atoms with Crippen LogP contribution in [-0.2, 0) is 37.6 Å². The van der Waals surface area contributed by atoms with Crippen LogP contribution in [-0.4, -0.2) is 21.3 Å². The zero-order valence-corrected chi connectivity index (χ0v) is 27.7. The Kier molecular flexibility index (Phi) is 9.99. The summed E-state index contributed by atoms with van der Waals surface area (Å²) in [6, 6.07) is 25.6. The van der Waals surface area contributed by atoms with Crippen molar-refractivity contribution in [2.24, 2.45) is 0 Å². The molecule has 0 N–H and O–H groups in total. The summed E-state index contributed by atoms with van der Waals surface area (Å²) in [5, 5.41) is 2.08. The number of hydrogen-bond acceptors (Lipinski definition) is 4. The SMILES string of the molecule is COc1cc2cc[n+](Cc3cccc(OC)c3OCc3ccc(C(F)(F)F)cc3)c(CCc3ccc(C(C)(C)C)cc3)c2cc1OC. The van der Waals surface area contributed by atoms with E-state index in [1.807, 2.05) is 30.3 Å². The second kappa shape index (κ2) is 14.0. The molecule has 0 radical (unpaired) electrons. The Bertz CT molecular complexity index is 1830. The van der Waals surface area contributed by atoms with Crippen LogP contribution < -0.4 is 23.5 Å². The van der Waals surface area contributed by atoms with Crippen molar-refractivity contribution in [3.63, 3.8) is 0 Å². The second-order valence-corrected chi connectivity index (χ2v) is 12.6. The minimum absolute atomic E-state index is 0.0792. The molecule has 0 unspecified atom stereocenters. The van der Waals surface area contributed by atoms with Gasteiger partial charge < -0.3 is 18.9 Å². The Morgan fingerprint density at radius 3 is 1.89 bits per heavy atom. The molecule has 246 valence electrons. The average Bonchev–Trinajstić information content (AvgIpc) is 3.05. The fourth-order valence-electron chi connectivity index (χ4n) is 5.70. The van der Waals surface area contributed by atoms with Gasteiger partial charge in [-0.15, -0.1) is 0 Å². The maximum atomic E-state index is 13.1. The molecule has 0 aliphatic rings. The molecular formula is C39H41F3NO4+. The standard InChI is InChI=1S/C39H41F3NO4/c1-38(2,3)30-15-10-26(11-16-30)14-19-33-32-23-36(46-6)35(45-5)22-28(32)20-21-43(33)24-29-8-7-9-34(44-4)37(29)47-25-27-12-17-31(18-13-27)39(40,41)42/h7-13,15-18,20-23H,14,19,24-25H2,1-6H3/q+1. The summed E-state index contributed by atoms with van der Waals surface area (Å²) in [6.45, 7) is 7.19. The van der Waals surface area contributed by atoms with Gasteiger partial charge in [0.05, 0.1) is 37.8 Å². The van der Waals surface area contributed by atoms with Gasteiger partial charge in [0, 0.05) is 12.5 Å². The zero-order valence-electron chi connectivity index (χ0n) is 27.7.